The standard InChI is InChI=1S/C19H20N2O3S/c1-11-7-12(2)9-15(8-11)24-13(3)18(22)20-14-5-6-16-17(10-14)25-19(23)21(16)4/h5-10,13H,1-4H3,(H,20,22)/t13-/m0/s1. The van der Waals surface area contributed by atoms with Gasteiger partial charge in [-0.25, -0.2) is 0 Å². The quantitative estimate of drug-likeness (QED) is 0.777. The van der Waals surface area contributed by atoms with Crippen LogP contribution < -0.4 is 14.9 Å². The number of anilines is 1. The number of fused-ring (bicyclic) bond motifs is 1. The van der Waals surface area contributed by atoms with Gasteiger partial charge in [-0.15, -0.1) is 0 Å². The Balaban J connectivity index is 1.73. The summed E-state index contributed by atoms with van der Waals surface area (Å²) in [6, 6.07) is 11.3. The fourth-order valence-electron chi connectivity index (χ4n) is 2.71. The molecule has 0 bridgehead atoms. The number of thiazole rings is 1. The van der Waals surface area contributed by atoms with Crippen LogP contribution in [-0.2, 0) is 11.8 Å². The molecule has 130 valence electrons. The zero-order valence-corrected chi connectivity index (χ0v) is 15.4. The Labute approximate surface area is 149 Å². The van der Waals surface area contributed by atoms with Gasteiger partial charge in [0.1, 0.15) is 5.75 Å². The summed E-state index contributed by atoms with van der Waals surface area (Å²) < 4.78 is 8.19. The van der Waals surface area contributed by atoms with Gasteiger partial charge in [0, 0.05) is 12.7 Å². The number of benzene rings is 2. The van der Waals surface area contributed by atoms with E-state index in [4.69, 9.17) is 4.74 Å². The van der Waals surface area contributed by atoms with Crippen LogP contribution in [-0.4, -0.2) is 16.6 Å². The average molecular weight is 356 g/mol. The third-order valence-electron chi connectivity index (χ3n) is 3.94. The van der Waals surface area contributed by atoms with E-state index in [-0.39, 0.29) is 10.8 Å². The Morgan fingerprint density at radius 3 is 2.52 bits per heavy atom. The van der Waals surface area contributed by atoms with Gasteiger partial charge < -0.3 is 14.6 Å². The third kappa shape index (κ3) is 3.74. The van der Waals surface area contributed by atoms with Gasteiger partial charge in [-0.05, 0) is 62.2 Å². The number of aromatic nitrogens is 1. The van der Waals surface area contributed by atoms with Crippen molar-refractivity contribution in [3.05, 3.63) is 57.2 Å². The highest BCUT2D eigenvalue weighted by Gasteiger charge is 2.16. The van der Waals surface area contributed by atoms with Gasteiger partial charge in [0.25, 0.3) is 5.91 Å². The molecule has 1 N–H and O–H groups in total. The van der Waals surface area contributed by atoms with Gasteiger partial charge >= 0.3 is 4.87 Å². The zero-order valence-electron chi connectivity index (χ0n) is 14.6. The fourth-order valence-corrected chi connectivity index (χ4v) is 3.63. The van der Waals surface area contributed by atoms with E-state index in [0.717, 1.165) is 32.7 Å². The summed E-state index contributed by atoms with van der Waals surface area (Å²) in [5.74, 6) is 0.443. The Morgan fingerprint density at radius 2 is 1.84 bits per heavy atom. The summed E-state index contributed by atoms with van der Waals surface area (Å²) in [6.07, 6.45) is -0.633. The van der Waals surface area contributed by atoms with Crippen LogP contribution in [0.25, 0.3) is 10.2 Å². The van der Waals surface area contributed by atoms with E-state index >= 15 is 0 Å². The second-order valence-electron chi connectivity index (χ2n) is 6.18. The molecule has 0 spiro atoms. The van der Waals surface area contributed by atoms with Gasteiger partial charge in [-0.3, -0.25) is 9.59 Å². The maximum atomic E-state index is 12.4. The number of amides is 1. The Hall–Kier alpha value is -2.60. The van der Waals surface area contributed by atoms with E-state index in [2.05, 4.69) is 11.4 Å². The lowest BCUT2D eigenvalue weighted by molar-refractivity contribution is -0.122. The van der Waals surface area contributed by atoms with Crippen molar-refractivity contribution >= 4 is 33.1 Å². The number of hydrogen-bond donors (Lipinski definition) is 1. The van der Waals surface area contributed by atoms with Crippen LogP contribution in [0.15, 0.2) is 41.2 Å². The third-order valence-corrected chi connectivity index (χ3v) is 4.93. The molecule has 0 aliphatic heterocycles. The Bertz CT molecular complexity index is 983. The van der Waals surface area contributed by atoms with Crippen LogP contribution in [0.1, 0.15) is 18.1 Å². The first-order valence-corrected chi connectivity index (χ1v) is 8.80. The van der Waals surface area contributed by atoms with Crippen molar-refractivity contribution < 1.29 is 9.53 Å². The number of hydrogen-bond acceptors (Lipinski definition) is 4. The van der Waals surface area contributed by atoms with Crippen LogP contribution in [0.4, 0.5) is 5.69 Å². The van der Waals surface area contributed by atoms with Crippen molar-refractivity contribution in [1.29, 1.82) is 0 Å². The molecule has 1 amide bonds. The van der Waals surface area contributed by atoms with Crippen molar-refractivity contribution in [2.24, 2.45) is 7.05 Å². The zero-order chi connectivity index (χ0) is 18.1. The van der Waals surface area contributed by atoms with E-state index in [9.17, 15) is 9.59 Å². The van der Waals surface area contributed by atoms with Crippen molar-refractivity contribution in [1.82, 2.24) is 4.57 Å². The van der Waals surface area contributed by atoms with Crippen LogP contribution in [0.3, 0.4) is 0 Å². The number of ether oxygens (including phenoxy) is 1. The van der Waals surface area contributed by atoms with Crippen LogP contribution in [0.5, 0.6) is 5.75 Å². The predicted molar refractivity (Wildman–Crippen MR) is 102 cm³/mol. The summed E-state index contributed by atoms with van der Waals surface area (Å²) >= 11 is 1.16. The number of nitrogens with one attached hydrogen (secondary N) is 1. The maximum absolute atomic E-state index is 12.4. The highest BCUT2D eigenvalue weighted by molar-refractivity contribution is 7.16. The molecule has 0 saturated carbocycles. The van der Waals surface area contributed by atoms with Crippen molar-refractivity contribution in [3.63, 3.8) is 0 Å². The number of carbonyl (C=O) groups is 1. The summed E-state index contributed by atoms with van der Waals surface area (Å²) in [4.78, 5) is 24.1. The normalized spacial score (nSPS) is 12.2. The molecule has 0 aliphatic carbocycles. The van der Waals surface area contributed by atoms with Gasteiger partial charge in [0.05, 0.1) is 10.2 Å². The molecule has 1 heterocycles. The SMILES string of the molecule is Cc1cc(C)cc(O[C@@H](C)C(=O)Nc2ccc3c(c2)sc(=O)n3C)c1. The highest BCUT2D eigenvalue weighted by atomic mass is 32.1. The van der Waals surface area contributed by atoms with E-state index in [1.165, 1.54) is 0 Å². The Kier molecular flexibility index (Phi) is 4.63. The van der Waals surface area contributed by atoms with Crippen molar-refractivity contribution in [3.8, 4) is 5.75 Å². The smallest absolute Gasteiger partial charge is 0.307 e. The van der Waals surface area contributed by atoms with Crippen LogP contribution in [0.2, 0.25) is 0 Å². The number of carbonyl (C=O) groups excluding carboxylic acids is 1. The minimum absolute atomic E-state index is 0.0232. The molecule has 0 saturated heterocycles. The molecule has 5 nitrogen and oxygen atoms in total. The lowest BCUT2D eigenvalue weighted by Gasteiger charge is -2.15. The molecule has 6 heteroatoms. The molecule has 0 radical (unpaired) electrons. The predicted octanol–water partition coefficient (Wildman–Crippen LogP) is 3.62. The van der Waals surface area contributed by atoms with E-state index in [1.54, 1.807) is 24.6 Å². The molecular weight excluding hydrogens is 336 g/mol. The van der Waals surface area contributed by atoms with Crippen LogP contribution >= 0.6 is 11.3 Å². The largest absolute Gasteiger partial charge is 0.481 e. The molecule has 3 rings (SSSR count). The van der Waals surface area contributed by atoms with E-state index in [1.807, 2.05) is 38.1 Å². The molecule has 2 aromatic carbocycles. The number of rotatable bonds is 4. The summed E-state index contributed by atoms with van der Waals surface area (Å²) in [5, 5.41) is 2.84. The van der Waals surface area contributed by atoms with Gasteiger partial charge in [-0.1, -0.05) is 17.4 Å². The number of nitrogens with zero attached hydrogens (tertiary/aromatic N) is 1. The molecule has 0 fully saturated rings. The molecular formula is C19H20N2O3S. The van der Waals surface area contributed by atoms with Gasteiger partial charge in [-0.2, -0.15) is 0 Å². The van der Waals surface area contributed by atoms with Crippen molar-refractivity contribution in [2.45, 2.75) is 26.9 Å². The minimum atomic E-state index is -0.633. The fraction of sp³-hybridized carbons (Fsp3) is 0.263. The van der Waals surface area contributed by atoms with E-state index < -0.39 is 6.10 Å². The van der Waals surface area contributed by atoms with Gasteiger partial charge in [0.2, 0.25) is 0 Å². The maximum Gasteiger partial charge on any atom is 0.307 e. The lowest BCUT2D eigenvalue weighted by Crippen LogP contribution is -2.30. The minimum Gasteiger partial charge on any atom is -0.481 e. The number of aryl methyl sites for hydroxylation is 3. The van der Waals surface area contributed by atoms with Gasteiger partial charge in [0.15, 0.2) is 6.10 Å². The Morgan fingerprint density at radius 1 is 1.16 bits per heavy atom. The molecule has 0 aliphatic rings. The molecule has 25 heavy (non-hydrogen) atoms. The average Bonchev–Trinajstić information content (AvgIpc) is 2.80. The second-order valence-corrected chi connectivity index (χ2v) is 7.18. The van der Waals surface area contributed by atoms with E-state index in [0.29, 0.717) is 11.4 Å². The second kappa shape index (κ2) is 6.72. The topological polar surface area (TPSA) is 60.3 Å². The first kappa shape index (κ1) is 17.2. The molecule has 1 atom stereocenters. The summed E-state index contributed by atoms with van der Waals surface area (Å²) in [6.45, 7) is 5.70. The summed E-state index contributed by atoms with van der Waals surface area (Å²) in [7, 11) is 1.74. The summed E-state index contributed by atoms with van der Waals surface area (Å²) in [5.41, 5.74) is 3.68. The monoisotopic (exact) mass is 356 g/mol. The molecule has 0 unspecified atom stereocenters. The molecule has 1 aromatic heterocycles. The lowest BCUT2D eigenvalue weighted by atomic mass is 10.1. The first-order chi connectivity index (χ1) is 11.8. The van der Waals surface area contributed by atoms with Crippen LogP contribution in [0, 0.1) is 13.8 Å². The van der Waals surface area contributed by atoms with Crippen molar-refractivity contribution in [2.75, 3.05) is 5.32 Å². The first-order valence-electron chi connectivity index (χ1n) is 7.99. The molecule has 3 aromatic rings. The highest BCUT2D eigenvalue weighted by Crippen LogP contribution is 2.22.